The predicted octanol–water partition coefficient (Wildman–Crippen LogP) is 0.384. The molecule has 6 nitrogen and oxygen atoms in total. The molecule has 2 aliphatic heterocycles. The SMILES string of the molecule is O=C1CCC(n2c(C3CC3)nc3c2CCNC3)C(=O)N1. The maximum atomic E-state index is 12.2. The average molecular weight is 274 g/mol. The van der Waals surface area contributed by atoms with Gasteiger partial charge in [0.2, 0.25) is 11.8 Å². The van der Waals surface area contributed by atoms with Crippen LogP contribution < -0.4 is 10.6 Å². The summed E-state index contributed by atoms with van der Waals surface area (Å²) in [7, 11) is 0. The van der Waals surface area contributed by atoms with E-state index in [1.165, 1.54) is 5.69 Å². The second-order valence-electron chi connectivity index (χ2n) is 5.90. The van der Waals surface area contributed by atoms with Crippen molar-refractivity contribution in [2.24, 2.45) is 0 Å². The average Bonchev–Trinajstić information content (AvgIpc) is 3.21. The van der Waals surface area contributed by atoms with Gasteiger partial charge >= 0.3 is 0 Å². The van der Waals surface area contributed by atoms with Crippen molar-refractivity contribution in [2.75, 3.05) is 6.54 Å². The summed E-state index contributed by atoms with van der Waals surface area (Å²) in [6, 6.07) is -0.252. The molecular weight excluding hydrogens is 256 g/mol. The van der Waals surface area contributed by atoms with Crippen molar-refractivity contribution in [2.45, 2.75) is 50.6 Å². The first-order valence-corrected chi connectivity index (χ1v) is 7.38. The summed E-state index contributed by atoms with van der Waals surface area (Å²) >= 11 is 0. The number of nitrogens with one attached hydrogen (secondary N) is 2. The lowest BCUT2D eigenvalue weighted by atomic mass is 10.0. The van der Waals surface area contributed by atoms with Crippen LogP contribution in [-0.4, -0.2) is 27.9 Å². The Bertz CT molecular complexity index is 588. The van der Waals surface area contributed by atoms with Crippen LogP contribution in [0.5, 0.6) is 0 Å². The monoisotopic (exact) mass is 274 g/mol. The van der Waals surface area contributed by atoms with Crippen molar-refractivity contribution < 1.29 is 9.59 Å². The maximum Gasteiger partial charge on any atom is 0.249 e. The van der Waals surface area contributed by atoms with Crippen LogP contribution in [0, 0.1) is 0 Å². The fourth-order valence-electron chi connectivity index (χ4n) is 3.26. The largest absolute Gasteiger partial charge is 0.319 e. The van der Waals surface area contributed by atoms with E-state index in [0.29, 0.717) is 18.8 Å². The molecule has 0 spiro atoms. The zero-order valence-corrected chi connectivity index (χ0v) is 11.3. The molecule has 2 amide bonds. The van der Waals surface area contributed by atoms with E-state index in [-0.39, 0.29) is 17.9 Å². The fourth-order valence-corrected chi connectivity index (χ4v) is 3.26. The van der Waals surface area contributed by atoms with Crippen LogP contribution in [0.2, 0.25) is 0 Å². The van der Waals surface area contributed by atoms with Gasteiger partial charge in [-0.3, -0.25) is 14.9 Å². The number of hydrogen-bond donors (Lipinski definition) is 2. The van der Waals surface area contributed by atoms with Crippen LogP contribution in [0.3, 0.4) is 0 Å². The molecule has 0 radical (unpaired) electrons. The molecule has 3 heterocycles. The lowest BCUT2D eigenvalue weighted by molar-refractivity contribution is -0.135. The Morgan fingerprint density at radius 1 is 1.15 bits per heavy atom. The highest BCUT2D eigenvalue weighted by Gasteiger charge is 2.37. The number of imide groups is 1. The molecule has 1 saturated carbocycles. The summed E-state index contributed by atoms with van der Waals surface area (Å²) < 4.78 is 2.15. The molecular formula is C14H18N4O2. The van der Waals surface area contributed by atoms with E-state index in [2.05, 4.69) is 15.2 Å². The summed E-state index contributed by atoms with van der Waals surface area (Å²) in [5.41, 5.74) is 2.28. The van der Waals surface area contributed by atoms with Crippen LogP contribution >= 0.6 is 0 Å². The molecule has 0 bridgehead atoms. The third-order valence-corrected chi connectivity index (χ3v) is 4.42. The molecule has 2 fully saturated rings. The summed E-state index contributed by atoms with van der Waals surface area (Å²) in [6.45, 7) is 1.71. The van der Waals surface area contributed by atoms with Gasteiger partial charge < -0.3 is 9.88 Å². The fraction of sp³-hybridized carbons (Fsp3) is 0.643. The van der Waals surface area contributed by atoms with Crippen molar-refractivity contribution in [1.29, 1.82) is 0 Å². The lowest BCUT2D eigenvalue weighted by Gasteiger charge is -2.26. The standard InChI is InChI=1S/C14H18N4O2/c19-12-4-3-11(14(20)17-12)18-10-5-6-15-7-9(10)16-13(18)8-1-2-8/h8,11,15H,1-7H2,(H,17,19,20). The highest BCUT2D eigenvalue weighted by Crippen LogP contribution is 2.42. The van der Waals surface area contributed by atoms with E-state index in [4.69, 9.17) is 4.98 Å². The minimum Gasteiger partial charge on any atom is -0.319 e. The summed E-state index contributed by atoms with van der Waals surface area (Å²) in [6.07, 6.45) is 4.26. The number of aromatic nitrogens is 2. The van der Waals surface area contributed by atoms with Crippen LogP contribution in [0.15, 0.2) is 0 Å². The van der Waals surface area contributed by atoms with Gasteiger partial charge in [0.05, 0.1) is 5.69 Å². The summed E-state index contributed by atoms with van der Waals surface area (Å²) in [5, 5.41) is 5.80. The minimum absolute atomic E-state index is 0.158. The van der Waals surface area contributed by atoms with Gasteiger partial charge in [0.15, 0.2) is 0 Å². The first kappa shape index (κ1) is 12.1. The van der Waals surface area contributed by atoms with Gasteiger partial charge in [0.1, 0.15) is 11.9 Å². The van der Waals surface area contributed by atoms with E-state index >= 15 is 0 Å². The number of carbonyl (C=O) groups is 2. The van der Waals surface area contributed by atoms with E-state index in [1.807, 2.05) is 0 Å². The second-order valence-corrected chi connectivity index (χ2v) is 5.90. The molecule has 106 valence electrons. The van der Waals surface area contributed by atoms with Gasteiger partial charge in [-0.15, -0.1) is 0 Å². The van der Waals surface area contributed by atoms with Crippen molar-refractivity contribution in [3.05, 3.63) is 17.2 Å². The molecule has 1 unspecified atom stereocenters. The number of hydrogen-bond acceptors (Lipinski definition) is 4. The first-order chi connectivity index (χ1) is 9.74. The molecule has 1 aromatic heterocycles. The van der Waals surface area contributed by atoms with Crippen molar-refractivity contribution in [3.63, 3.8) is 0 Å². The third kappa shape index (κ3) is 1.86. The normalized spacial score (nSPS) is 26.3. The molecule has 0 aromatic carbocycles. The van der Waals surface area contributed by atoms with Crippen LogP contribution in [0.4, 0.5) is 0 Å². The van der Waals surface area contributed by atoms with Gasteiger partial charge in [-0.25, -0.2) is 4.98 Å². The smallest absolute Gasteiger partial charge is 0.249 e. The van der Waals surface area contributed by atoms with E-state index < -0.39 is 0 Å². The van der Waals surface area contributed by atoms with Crippen molar-refractivity contribution in [1.82, 2.24) is 20.2 Å². The molecule has 1 aromatic rings. The Morgan fingerprint density at radius 3 is 2.75 bits per heavy atom. The number of rotatable bonds is 2. The van der Waals surface area contributed by atoms with Crippen molar-refractivity contribution >= 4 is 11.8 Å². The van der Waals surface area contributed by atoms with E-state index in [9.17, 15) is 9.59 Å². The summed E-state index contributed by atoms with van der Waals surface area (Å²) in [4.78, 5) is 28.3. The molecule has 2 N–H and O–H groups in total. The number of carbonyl (C=O) groups excluding carboxylic acids is 2. The molecule has 4 rings (SSSR count). The Hall–Kier alpha value is -1.69. The van der Waals surface area contributed by atoms with Gasteiger partial charge in [-0.05, 0) is 19.3 Å². The van der Waals surface area contributed by atoms with Crippen LogP contribution in [-0.2, 0) is 22.6 Å². The van der Waals surface area contributed by atoms with Crippen molar-refractivity contribution in [3.8, 4) is 0 Å². The van der Waals surface area contributed by atoms with Crippen LogP contribution in [0.1, 0.15) is 54.9 Å². The highest BCUT2D eigenvalue weighted by molar-refractivity contribution is 5.99. The van der Waals surface area contributed by atoms with Gasteiger partial charge in [0, 0.05) is 37.5 Å². The Morgan fingerprint density at radius 2 is 2.00 bits per heavy atom. The third-order valence-electron chi connectivity index (χ3n) is 4.42. The number of piperidine rings is 1. The molecule has 20 heavy (non-hydrogen) atoms. The number of fused-ring (bicyclic) bond motifs is 1. The van der Waals surface area contributed by atoms with E-state index in [1.54, 1.807) is 0 Å². The maximum absolute atomic E-state index is 12.2. The van der Waals surface area contributed by atoms with E-state index in [0.717, 1.165) is 43.9 Å². The topological polar surface area (TPSA) is 76.0 Å². The van der Waals surface area contributed by atoms with Gasteiger partial charge in [-0.2, -0.15) is 0 Å². The number of amides is 2. The highest BCUT2D eigenvalue weighted by atomic mass is 16.2. The molecule has 3 aliphatic rings. The van der Waals surface area contributed by atoms with Crippen LogP contribution in [0.25, 0.3) is 0 Å². The lowest BCUT2D eigenvalue weighted by Crippen LogP contribution is -2.42. The van der Waals surface area contributed by atoms with Gasteiger partial charge in [-0.1, -0.05) is 0 Å². The second kappa shape index (κ2) is 4.41. The number of imidazole rings is 1. The first-order valence-electron chi connectivity index (χ1n) is 7.38. The Balaban J connectivity index is 1.77. The Kier molecular flexibility index (Phi) is 2.66. The minimum atomic E-state index is -0.252. The predicted molar refractivity (Wildman–Crippen MR) is 71.0 cm³/mol. The molecule has 6 heteroatoms. The molecule has 1 atom stereocenters. The Labute approximate surface area is 116 Å². The zero-order chi connectivity index (χ0) is 13.7. The zero-order valence-electron chi connectivity index (χ0n) is 11.3. The van der Waals surface area contributed by atoms with Gasteiger partial charge in [0.25, 0.3) is 0 Å². The molecule has 1 saturated heterocycles. The quantitative estimate of drug-likeness (QED) is 0.765. The molecule has 1 aliphatic carbocycles. The number of nitrogens with zero attached hydrogens (tertiary/aromatic N) is 2. The summed E-state index contributed by atoms with van der Waals surface area (Å²) in [5.74, 6) is 1.25.